The number of hydrogen-bond donors (Lipinski definition) is 0. The van der Waals surface area contributed by atoms with E-state index in [0.717, 1.165) is 0 Å². The predicted molar refractivity (Wildman–Crippen MR) is 29.7 cm³/mol. The average molecular weight is 121 g/mol. The lowest BCUT2D eigenvalue weighted by molar-refractivity contribution is 0.299. The largest absolute Gasteiger partial charge is 0.403 e. The monoisotopic (exact) mass is 121 g/mol. The Morgan fingerprint density at radius 1 is 1.33 bits per heavy atom. The third-order valence-corrected chi connectivity index (χ3v) is 3.58. The van der Waals surface area contributed by atoms with Gasteiger partial charge in [-0.3, -0.25) is 0 Å². The van der Waals surface area contributed by atoms with Crippen molar-refractivity contribution in [1.82, 2.24) is 0 Å². The summed E-state index contributed by atoms with van der Waals surface area (Å²) in [4.78, 5) is 0. The molecule has 0 saturated heterocycles. The van der Waals surface area contributed by atoms with E-state index in [0.29, 0.717) is 0 Å². The van der Waals surface area contributed by atoms with E-state index >= 15 is 0 Å². The Balaban J connectivity index is 2.75. The summed E-state index contributed by atoms with van der Waals surface area (Å²) in [5.74, 6) is 0. The molecule has 6 heavy (non-hydrogen) atoms. The second-order valence-corrected chi connectivity index (χ2v) is 4.70. The second-order valence-electron chi connectivity index (χ2n) is 0.901. The summed E-state index contributed by atoms with van der Waals surface area (Å²) in [7, 11) is 4.01. The Kier molecular flexibility index (Phi) is 3.75. The van der Waals surface area contributed by atoms with Crippen LogP contribution in [0.5, 0.6) is 0 Å². The molecule has 0 N–H and O–H groups in total. The second kappa shape index (κ2) is 3.54. The smallest absolute Gasteiger partial charge is 0.288 e. The molecule has 1 radical (unpaired) electrons. The fraction of sp³-hybridized carbons (Fsp3) is 1.00. The number of hydrogen-bond acceptors (Lipinski definition) is 2. The highest BCUT2D eigenvalue weighted by atomic mass is 29.2. The van der Waals surface area contributed by atoms with Gasteiger partial charge in [0.2, 0.25) is 0 Å². The van der Waals surface area contributed by atoms with Crippen LogP contribution in [0.4, 0.5) is 0 Å². The van der Waals surface area contributed by atoms with Crippen LogP contribution in [0.3, 0.4) is 0 Å². The summed E-state index contributed by atoms with van der Waals surface area (Å²) >= 11 is 0. The minimum absolute atomic E-state index is 1.13. The van der Waals surface area contributed by atoms with E-state index in [1.165, 1.54) is 0 Å². The molecule has 0 aromatic carbocycles. The fourth-order valence-electron chi connectivity index (χ4n) is 0.0962. The highest BCUT2D eigenvalue weighted by Gasteiger charge is 1.93. The van der Waals surface area contributed by atoms with Gasteiger partial charge in [0.25, 0.3) is 8.80 Å². The Bertz CT molecular complexity index is 28.7. The Morgan fingerprint density at radius 3 is 1.67 bits per heavy atom. The molecule has 0 saturated carbocycles. The molecule has 0 unspecified atom stereocenters. The lowest BCUT2D eigenvalue weighted by Gasteiger charge is -2.00. The molecule has 4 heteroatoms. The highest BCUT2D eigenvalue weighted by Crippen LogP contribution is 1.71. The minimum Gasteiger partial charge on any atom is -0.403 e. The summed E-state index contributed by atoms with van der Waals surface area (Å²) in [6.45, 7) is 0. The van der Waals surface area contributed by atoms with Crippen molar-refractivity contribution >= 4 is 18.6 Å². The summed E-state index contributed by atoms with van der Waals surface area (Å²) in [5.41, 5.74) is 0. The van der Waals surface area contributed by atoms with Crippen LogP contribution in [0, 0.1) is 0 Å². The van der Waals surface area contributed by atoms with E-state index in [9.17, 15) is 0 Å². The first-order valence-corrected chi connectivity index (χ1v) is 5.90. The van der Waals surface area contributed by atoms with Gasteiger partial charge in [-0.05, 0) is 0 Å². The van der Waals surface area contributed by atoms with Crippen LogP contribution >= 0.6 is 0 Å². The molecular formula is C2H9O2Si2. The molecule has 0 bridgehead atoms. The molecular weight excluding hydrogens is 112 g/mol. The molecule has 0 aromatic rings. The van der Waals surface area contributed by atoms with Crippen molar-refractivity contribution in [3.05, 3.63) is 0 Å². The molecule has 37 valence electrons. The van der Waals surface area contributed by atoms with Gasteiger partial charge in [0.15, 0.2) is 0 Å². The van der Waals surface area contributed by atoms with Crippen molar-refractivity contribution in [2.24, 2.45) is 0 Å². The molecule has 0 atom stereocenters. The average Bonchev–Trinajstić information content (AvgIpc) is 1.65. The van der Waals surface area contributed by atoms with E-state index in [4.69, 9.17) is 8.85 Å². The third-order valence-electron chi connectivity index (χ3n) is 0.526. The summed E-state index contributed by atoms with van der Waals surface area (Å²) in [6.07, 6.45) is 0. The Hall–Kier alpha value is 0.354. The zero-order valence-corrected chi connectivity index (χ0v) is 6.67. The zero-order chi connectivity index (χ0) is 4.99. The van der Waals surface area contributed by atoms with Gasteiger partial charge in [0.05, 0.1) is 9.76 Å². The topological polar surface area (TPSA) is 18.5 Å². The SMILES string of the molecule is CO[SiH]([SiH2])OC. The van der Waals surface area contributed by atoms with Crippen LogP contribution in [0.1, 0.15) is 0 Å². The molecule has 0 aromatic heterocycles. The van der Waals surface area contributed by atoms with Crippen LogP contribution in [0.25, 0.3) is 0 Å². The normalized spacial score (nSPS) is 10.0. The molecule has 2 nitrogen and oxygen atoms in total. The van der Waals surface area contributed by atoms with Gasteiger partial charge < -0.3 is 8.85 Å². The highest BCUT2D eigenvalue weighted by molar-refractivity contribution is 6.95. The van der Waals surface area contributed by atoms with Crippen molar-refractivity contribution < 1.29 is 8.85 Å². The maximum Gasteiger partial charge on any atom is 0.288 e. The Morgan fingerprint density at radius 2 is 1.67 bits per heavy atom. The van der Waals surface area contributed by atoms with E-state index in [-0.39, 0.29) is 0 Å². The van der Waals surface area contributed by atoms with Gasteiger partial charge >= 0.3 is 0 Å². The standard InChI is InChI=1S/C2H9O2Si2/c1-3-6(5)4-2/h6H,5H2,1-2H3. The molecule has 0 amide bonds. The Labute approximate surface area is 42.5 Å². The maximum atomic E-state index is 4.83. The van der Waals surface area contributed by atoms with Gasteiger partial charge in [-0.25, -0.2) is 0 Å². The molecule has 0 rings (SSSR count). The quantitative estimate of drug-likeness (QED) is 0.420. The van der Waals surface area contributed by atoms with Crippen molar-refractivity contribution in [3.8, 4) is 0 Å². The molecule has 0 fully saturated rings. The molecule has 0 aliphatic heterocycles. The lowest BCUT2D eigenvalue weighted by Crippen LogP contribution is -2.18. The number of rotatable bonds is 2. The van der Waals surface area contributed by atoms with Crippen LogP contribution in [0.15, 0.2) is 0 Å². The van der Waals surface area contributed by atoms with Gasteiger partial charge in [-0.1, -0.05) is 0 Å². The maximum absolute atomic E-state index is 4.83. The van der Waals surface area contributed by atoms with Crippen LogP contribution < -0.4 is 0 Å². The first-order valence-electron chi connectivity index (χ1n) is 1.70. The fourth-order valence-corrected chi connectivity index (χ4v) is 0.289. The third kappa shape index (κ3) is 2.58. The summed E-state index contributed by atoms with van der Waals surface area (Å²) < 4.78 is 9.66. The van der Waals surface area contributed by atoms with Gasteiger partial charge in [0.1, 0.15) is 0 Å². The molecule has 0 heterocycles. The first-order chi connectivity index (χ1) is 2.81. The van der Waals surface area contributed by atoms with Crippen LogP contribution in [-0.2, 0) is 8.85 Å². The first kappa shape index (κ1) is 6.35. The van der Waals surface area contributed by atoms with Crippen LogP contribution in [-0.4, -0.2) is 32.8 Å². The predicted octanol–water partition coefficient (Wildman–Crippen LogP) is -1.37. The van der Waals surface area contributed by atoms with Gasteiger partial charge in [-0.2, -0.15) is 0 Å². The summed E-state index contributed by atoms with van der Waals surface area (Å²) in [5, 5.41) is 0. The minimum atomic E-state index is -1.13. The van der Waals surface area contributed by atoms with Gasteiger partial charge in [-0.15, -0.1) is 0 Å². The lowest BCUT2D eigenvalue weighted by atomic mass is 11.8. The summed E-state index contributed by atoms with van der Waals surface area (Å²) in [6, 6.07) is 0. The van der Waals surface area contributed by atoms with Crippen molar-refractivity contribution in [3.63, 3.8) is 0 Å². The van der Waals surface area contributed by atoms with E-state index in [1.807, 2.05) is 0 Å². The molecule has 0 spiro atoms. The van der Waals surface area contributed by atoms with Crippen molar-refractivity contribution in [2.45, 2.75) is 0 Å². The zero-order valence-electron chi connectivity index (χ0n) is 4.10. The van der Waals surface area contributed by atoms with E-state index < -0.39 is 8.80 Å². The van der Waals surface area contributed by atoms with Crippen LogP contribution in [0.2, 0.25) is 0 Å². The van der Waals surface area contributed by atoms with Crippen molar-refractivity contribution in [1.29, 1.82) is 0 Å². The van der Waals surface area contributed by atoms with Gasteiger partial charge in [0, 0.05) is 14.2 Å². The van der Waals surface area contributed by atoms with E-state index in [1.54, 1.807) is 24.0 Å². The molecule has 0 aliphatic carbocycles. The van der Waals surface area contributed by atoms with Crippen molar-refractivity contribution in [2.75, 3.05) is 14.2 Å². The molecule has 0 aliphatic rings. The van der Waals surface area contributed by atoms with E-state index in [2.05, 4.69) is 0 Å².